The molecule has 4 nitrogen and oxygen atoms in total. The second-order valence-electron chi connectivity index (χ2n) is 3.32. The number of ether oxygens (including phenoxy) is 1. The number of aromatic nitrogens is 1. The van der Waals surface area contributed by atoms with E-state index in [1.165, 1.54) is 0 Å². The van der Waals surface area contributed by atoms with Crippen molar-refractivity contribution >= 4 is 11.8 Å². The molecule has 2 heterocycles. The van der Waals surface area contributed by atoms with Crippen LogP contribution in [0.5, 0.6) is 5.75 Å². The van der Waals surface area contributed by atoms with Gasteiger partial charge in [-0.2, -0.15) is 0 Å². The highest BCUT2D eigenvalue weighted by atomic mass is 32.2. The standard InChI is InChI=1S/C12H13NO3S/c1-15-12-10(7-14)13-5-4-11(12)17-8-9-3-2-6-16-9/h2-6,14H,7-8H2,1H3. The van der Waals surface area contributed by atoms with Crippen LogP contribution in [0.4, 0.5) is 0 Å². The lowest BCUT2D eigenvalue weighted by atomic mass is 10.3. The molecular formula is C12H13NO3S. The van der Waals surface area contributed by atoms with Crippen molar-refractivity contribution in [3.8, 4) is 5.75 Å². The number of hydrogen-bond acceptors (Lipinski definition) is 5. The fourth-order valence-electron chi connectivity index (χ4n) is 1.46. The number of aliphatic hydroxyl groups is 1. The second-order valence-corrected chi connectivity index (χ2v) is 4.33. The van der Waals surface area contributed by atoms with Crippen molar-refractivity contribution in [2.24, 2.45) is 0 Å². The van der Waals surface area contributed by atoms with Crippen LogP contribution in [0.3, 0.4) is 0 Å². The molecule has 0 aliphatic heterocycles. The van der Waals surface area contributed by atoms with Gasteiger partial charge in [0.2, 0.25) is 0 Å². The van der Waals surface area contributed by atoms with E-state index < -0.39 is 0 Å². The van der Waals surface area contributed by atoms with Gasteiger partial charge in [-0.1, -0.05) is 0 Å². The third kappa shape index (κ3) is 2.81. The zero-order valence-corrected chi connectivity index (χ0v) is 10.2. The molecule has 90 valence electrons. The molecule has 0 atom stereocenters. The Morgan fingerprint density at radius 1 is 1.47 bits per heavy atom. The van der Waals surface area contributed by atoms with Crippen LogP contribution in [0, 0.1) is 0 Å². The predicted molar refractivity (Wildman–Crippen MR) is 65.0 cm³/mol. The number of pyridine rings is 1. The number of methoxy groups -OCH3 is 1. The van der Waals surface area contributed by atoms with Crippen molar-refractivity contribution in [2.75, 3.05) is 7.11 Å². The summed E-state index contributed by atoms with van der Waals surface area (Å²) >= 11 is 1.59. The summed E-state index contributed by atoms with van der Waals surface area (Å²) in [6, 6.07) is 5.65. The average Bonchev–Trinajstić information content (AvgIpc) is 2.88. The lowest BCUT2D eigenvalue weighted by Gasteiger charge is -2.10. The molecule has 0 aliphatic carbocycles. The summed E-state index contributed by atoms with van der Waals surface area (Å²) in [6.07, 6.45) is 3.32. The third-order valence-electron chi connectivity index (χ3n) is 2.25. The van der Waals surface area contributed by atoms with Crippen molar-refractivity contribution in [2.45, 2.75) is 17.3 Å². The maximum atomic E-state index is 9.16. The second kappa shape index (κ2) is 5.75. The average molecular weight is 251 g/mol. The van der Waals surface area contributed by atoms with E-state index in [1.807, 2.05) is 18.2 Å². The first kappa shape index (κ1) is 12.0. The van der Waals surface area contributed by atoms with E-state index in [9.17, 15) is 0 Å². The first-order valence-electron chi connectivity index (χ1n) is 5.13. The topological polar surface area (TPSA) is 55.5 Å². The number of furan rings is 1. The van der Waals surface area contributed by atoms with Gasteiger partial charge in [0, 0.05) is 6.20 Å². The molecule has 5 heteroatoms. The van der Waals surface area contributed by atoms with Gasteiger partial charge in [-0.05, 0) is 18.2 Å². The molecule has 0 unspecified atom stereocenters. The van der Waals surface area contributed by atoms with Crippen molar-refractivity contribution in [1.82, 2.24) is 4.98 Å². The zero-order chi connectivity index (χ0) is 12.1. The van der Waals surface area contributed by atoms with E-state index in [-0.39, 0.29) is 6.61 Å². The molecule has 0 saturated heterocycles. The summed E-state index contributed by atoms with van der Waals surface area (Å²) in [5.41, 5.74) is 0.553. The molecule has 1 N–H and O–H groups in total. The minimum Gasteiger partial charge on any atom is -0.494 e. The smallest absolute Gasteiger partial charge is 0.156 e. The summed E-state index contributed by atoms with van der Waals surface area (Å²) < 4.78 is 10.5. The van der Waals surface area contributed by atoms with Gasteiger partial charge in [0.25, 0.3) is 0 Å². The van der Waals surface area contributed by atoms with Crippen LogP contribution in [0.1, 0.15) is 11.5 Å². The van der Waals surface area contributed by atoms with Crippen LogP contribution in [0.25, 0.3) is 0 Å². The van der Waals surface area contributed by atoms with Gasteiger partial charge in [-0.3, -0.25) is 4.98 Å². The molecule has 17 heavy (non-hydrogen) atoms. The predicted octanol–water partition coefficient (Wildman–Crippen LogP) is 2.47. The Kier molecular flexibility index (Phi) is 4.06. The van der Waals surface area contributed by atoms with Crippen molar-refractivity contribution < 1.29 is 14.3 Å². The normalized spacial score (nSPS) is 10.5. The largest absolute Gasteiger partial charge is 0.494 e. The summed E-state index contributed by atoms with van der Waals surface area (Å²) in [5, 5.41) is 9.16. The Bertz CT molecular complexity index is 471. The Morgan fingerprint density at radius 3 is 3.00 bits per heavy atom. The monoisotopic (exact) mass is 251 g/mol. The van der Waals surface area contributed by atoms with Gasteiger partial charge in [0.15, 0.2) is 5.75 Å². The molecule has 0 fully saturated rings. The van der Waals surface area contributed by atoms with Crippen LogP contribution in [0.15, 0.2) is 40.0 Å². The number of aliphatic hydroxyl groups excluding tert-OH is 1. The maximum absolute atomic E-state index is 9.16. The summed E-state index contributed by atoms with van der Waals surface area (Å²) in [6.45, 7) is -0.127. The van der Waals surface area contributed by atoms with Crippen molar-refractivity contribution in [3.63, 3.8) is 0 Å². The van der Waals surface area contributed by atoms with Crippen molar-refractivity contribution in [1.29, 1.82) is 0 Å². The van der Waals surface area contributed by atoms with E-state index in [2.05, 4.69) is 4.98 Å². The molecular weight excluding hydrogens is 238 g/mol. The van der Waals surface area contributed by atoms with Gasteiger partial charge in [-0.25, -0.2) is 0 Å². The van der Waals surface area contributed by atoms with Crippen LogP contribution >= 0.6 is 11.8 Å². The minimum absolute atomic E-state index is 0.127. The fourth-order valence-corrected chi connectivity index (χ4v) is 2.41. The maximum Gasteiger partial charge on any atom is 0.156 e. The van der Waals surface area contributed by atoms with E-state index in [0.717, 1.165) is 16.4 Å². The highest BCUT2D eigenvalue weighted by molar-refractivity contribution is 7.98. The van der Waals surface area contributed by atoms with Gasteiger partial charge >= 0.3 is 0 Å². The van der Waals surface area contributed by atoms with Gasteiger partial charge in [-0.15, -0.1) is 11.8 Å². The van der Waals surface area contributed by atoms with Gasteiger partial charge < -0.3 is 14.3 Å². The lowest BCUT2D eigenvalue weighted by molar-refractivity contribution is 0.266. The molecule has 2 rings (SSSR count). The zero-order valence-electron chi connectivity index (χ0n) is 9.42. The Labute approximate surface area is 104 Å². The molecule has 0 aliphatic rings. The first-order valence-corrected chi connectivity index (χ1v) is 6.11. The summed E-state index contributed by atoms with van der Waals surface area (Å²) in [7, 11) is 1.58. The van der Waals surface area contributed by atoms with Crippen LogP contribution in [-0.2, 0) is 12.4 Å². The number of rotatable bonds is 5. The van der Waals surface area contributed by atoms with Crippen LogP contribution < -0.4 is 4.74 Å². The minimum atomic E-state index is -0.127. The highest BCUT2D eigenvalue weighted by Crippen LogP contribution is 2.33. The SMILES string of the molecule is COc1c(SCc2ccco2)ccnc1CO. The van der Waals surface area contributed by atoms with E-state index in [4.69, 9.17) is 14.3 Å². The Morgan fingerprint density at radius 2 is 2.35 bits per heavy atom. The van der Waals surface area contributed by atoms with E-state index in [1.54, 1.807) is 31.3 Å². The third-order valence-corrected chi connectivity index (χ3v) is 3.31. The van der Waals surface area contributed by atoms with Crippen LogP contribution in [0.2, 0.25) is 0 Å². The van der Waals surface area contributed by atoms with Crippen molar-refractivity contribution in [3.05, 3.63) is 42.1 Å². The molecule has 0 aromatic carbocycles. The Hall–Kier alpha value is -1.46. The summed E-state index contributed by atoms with van der Waals surface area (Å²) in [5.74, 6) is 2.25. The van der Waals surface area contributed by atoms with E-state index >= 15 is 0 Å². The molecule has 0 spiro atoms. The molecule has 0 saturated carbocycles. The van der Waals surface area contributed by atoms with Gasteiger partial charge in [0.1, 0.15) is 11.5 Å². The highest BCUT2D eigenvalue weighted by Gasteiger charge is 2.10. The Balaban J connectivity index is 2.14. The lowest BCUT2D eigenvalue weighted by Crippen LogP contribution is -1.97. The number of nitrogens with zero attached hydrogens (tertiary/aromatic N) is 1. The molecule has 2 aromatic heterocycles. The quantitative estimate of drug-likeness (QED) is 0.827. The number of hydrogen-bond donors (Lipinski definition) is 1. The van der Waals surface area contributed by atoms with E-state index in [0.29, 0.717) is 11.4 Å². The van der Waals surface area contributed by atoms with Gasteiger partial charge in [0.05, 0.1) is 30.6 Å². The number of thioether (sulfide) groups is 1. The molecule has 0 bridgehead atoms. The molecule has 0 radical (unpaired) electrons. The molecule has 0 amide bonds. The van der Waals surface area contributed by atoms with Crippen LogP contribution in [-0.4, -0.2) is 17.2 Å². The molecule has 2 aromatic rings. The summed E-state index contributed by atoms with van der Waals surface area (Å²) in [4.78, 5) is 5.01. The fraction of sp³-hybridized carbons (Fsp3) is 0.250. The first-order chi connectivity index (χ1) is 8.35.